The zero-order valence-electron chi connectivity index (χ0n) is 12.9. The Balaban J connectivity index is 1.99. The van der Waals surface area contributed by atoms with Crippen LogP contribution in [0.15, 0.2) is 58.1 Å². The molecular weight excluding hydrogens is 396 g/mol. The summed E-state index contributed by atoms with van der Waals surface area (Å²) in [7, 11) is -3.77. The lowest BCUT2D eigenvalue weighted by molar-refractivity contribution is 0.407. The second-order valence-electron chi connectivity index (χ2n) is 5.19. The van der Waals surface area contributed by atoms with Gasteiger partial charge in [-0.15, -0.1) is 22.7 Å². The van der Waals surface area contributed by atoms with Gasteiger partial charge in [-0.2, -0.15) is 9.57 Å². The van der Waals surface area contributed by atoms with E-state index in [0.717, 1.165) is 9.75 Å². The normalized spacial score (nSPS) is 11.6. The first kappa shape index (κ1) is 18.1. The molecule has 0 bridgehead atoms. The van der Waals surface area contributed by atoms with Crippen molar-refractivity contribution in [2.75, 3.05) is 0 Å². The van der Waals surface area contributed by atoms with Crippen LogP contribution in [0.25, 0.3) is 0 Å². The van der Waals surface area contributed by atoms with Gasteiger partial charge in [0.05, 0.1) is 15.5 Å². The van der Waals surface area contributed by atoms with E-state index in [9.17, 15) is 8.42 Å². The Kier molecular flexibility index (Phi) is 5.57. The number of rotatable bonds is 6. The summed E-state index contributed by atoms with van der Waals surface area (Å²) in [6.07, 6.45) is 0. The molecule has 8 heteroatoms. The smallest absolute Gasteiger partial charge is 0.207 e. The Hall–Kier alpha value is -1.69. The fourth-order valence-corrected chi connectivity index (χ4v) is 5.46. The Morgan fingerprint density at radius 2 is 1.64 bits per heavy atom. The van der Waals surface area contributed by atoms with Crippen LogP contribution in [0.2, 0.25) is 5.02 Å². The van der Waals surface area contributed by atoms with Crippen molar-refractivity contribution in [2.45, 2.75) is 18.0 Å². The Morgan fingerprint density at radius 1 is 1.04 bits per heavy atom. The lowest BCUT2D eigenvalue weighted by Crippen LogP contribution is -2.29. The van der Waals surface area contributed by atoms with Crippen LogP contribution in [-0.2, 0) is 23.1 Å². The number of halogens is 1. The molecule has 0 unspecified atom stereocenters. The molecule has 4 nitrogen and oxygen atoms in total. The highest BCUT2D eigenvalue weighted by molar-refractivity contribution is 7.89. The molecule has 0 fully saturated rings. The fraction of sp³-hybridized carbons (Fsp3) is 0.118. The molecule has 0 N–H and O–H groups in total. The third-order valence-corrected chi connectivity index (χ3v) is 7.36. The van der Waals surface area contributed by atoms with Crippen LogP contribution in [0.5, 0.6) is 0 Å². The Morgan fingerprint density at radius 3 is 2.12 bits per heavy atom. The molecule has 25 heavy (non-hydrogen) atoms. The average Bonchev–Trinajstić information content (AvgIpc) is 3.28. The maximum absolute atomic E-state index is 13.1. The van der Waals surface area contributed by atoms with Crippen LogP contribution in [0.4, 0.5) is 0 Å². The second-order valence-corrected chi connectivity index (χ2v) is 9.59. The topological polar surface area (TPSA) is 61.2 Å². The largest absolute Gasteiger partial charge is 0.243 e. The number of thiophene rings is 2. The number of benzene rings is 1. The minimum absolute atomic E-state index is 0.0709. The number of nitrogens with zero attached hydrogens (tertiary/aromatic N) is 2. The van der Waals surface area contributed by atoms with Gasteiger partial charge < -0.3 is 0 Å². The molecule has 1 aromatic carbocycles. The van der Waals surface area contributed by atoms with Crippen molar-refractivity contribution in [3.05, 3.63) is 73.6 Å². The van der Waals surface area contributed by atoms with Crippen LogP contribution in [-0.4, -0.2) is 12.7 Å². The SMILES string of the molecule is N#Cc1cc(S(=O)(=O)N(Cc2cccs2)Cc2cccs2)ccc1Cl. The molecule has 0 saturated heterocycles. The van der Waals surface area contributed by atoms with Crippen molar-refractivity contribution >= 4 is 44.3 Å². The number of hydrogen-bond acceptors (Lipinski definition) is 5. The molecule has 2 aromatic heterocycles. The third kappa shape index (κ3) is 4.11. The first-order valence-corrected chi connectivity index (χ1v) is 10.8. The average molecular weight is 409 g/mol. The quantitative estimate of drug-likeness (QED) is 0.592. The number of nitriles is 1. The van der Waals surface area contributed by atoms with Gasteiger partial charge in [0.2, 0.25) is 10.0 Å². The van der Waals surface area contributed by atoms with E-state index in [1.807, 2.05) is 41.1 Å². The van der Waals surface area contributed by atoms with Crippen molar-refractivity contribution in [3.63, 3.8) is 0 Å². The summed E-state index contributed by atoms with van der Waals surface area (Å²) in [6.45, 7) is 0.560. The Labute approximate surface area is 159 Å². The molecule has 128 valence electrons. The minimum atomic E-state index is -3.77. The molecule has 0 aliphatic carbocycles. The monoisotopic (exact) mass is 408 g/mol. The highest BCUT2D eigenvalue weighted by Crippen LogP contribution is 2.26. The molecule has 0 aliphatic heterocycles. The third-order valence-electron chi connectivity index (χ3n) is 3.52. The van der Waals surface area contributed by atoms with Gasteiger partial charge >= 0.3 is 0 Å². The summed E-state index contributed by atoms with van der Waals surface area (Å²) in [5.74, 6) is 0. The van der Waals surface area contributed by atoms with Crippen molar-refractivity contribution < 1.29 is 8.42 Å². The van der Waals surface area contributed by atoms with Crippen LogP contribution in [0.3, 0.4) is 0 Å². The Bertz CT molecular complexity index is 955. The molecule has 2 heterocycles. The summed E-state index contributed by atoms with van der Waals surface area (Å²) in [5, 5.41) is 13.2. The summed E-state index contributed by atoms with van der Waals surface area (Å²) in [6, 6.07) is 13.7. The fourth-order valence-electron chi connectivity index (χ4n) is 2.28. The molecule has 0 radical (unpaired) electrons. The lowest BCUT2D eigenvalue weighted by Gasteiger charge is -2.21. The summed E-state index contributed by atoms with van der Waals surface area (Å²) >= 11 is 8.95. The van der Waals surface area contributed by atoms with E-state index in [4.69, 9.17) is 16.9 Å². The summed E-state index contributed by atoms with van der Waals surface area (Å²) in [5.41, 5.74) is 0.148. The standard InChI is InChI=1S/C17H13ClN2O2S3/c18-17-6-5-16(9-13(17)10-19)25(21,22)20(11-14-3-1-7-23-14)12-15-4-2-8-24-15/h1-9H,11-12H2. The highest BCUT2D eigenvalue weighted by atomic mass is 35.5. The van der Waals surface area contributed by atoms with E-state index in [2.05, 4.69) is 0 Å². The minimum Gasteiger partial charge on any atom is -0.207 e. The van der Waals surface area contributed by atoms with E-state index < -0.39 is 10.0 Å². The first-order chi connectivity index (χ1) is 12.0. The van der Waals surface area contributed by atoms with Crippen LogP contribution >= 0.6 is 34.3 Å². The van der Waals surface area contributed by atoms with E-state index in [1.165, 1.54) is 45.2 Å². The van der Waals surface area contributed by atoms with Crippen molar-refractivity contribution in [1.29, 1.82) is 5.26 Å². The summed E-state index contributed by atoms with van der Waals surface area (Å²) in [4.78, 5) is 1.98. The van der Waals surface area contributed by atoms with Crippen molar-refractivity contribution in [3.8, 4) is 6.07 Å². The van der Waals surface area contributed by atoms with Crippen molar-refractivity contribution in [1.82, 2.24) is 4.31 Å². The van der Waals surface area contributed by atoms with Gasteiger partial charge in [0, 0.05) is 22.8 Å². The highest BCUT2D eigenvalue weighted by Gasteiger charge is 2.26. The molecule has 0 saturated carbocycles. The molecule has 0 spiro atoms. The van der Waals surface area contributed by atoms with Gasteiger partial charge in [-0.25, -0.2) is 8.42 Å². The molecule has 3 rings (SSSR count). The maximum atomic E-state index is 13.1. The van der Waals surface area contributed by atoms with E-state index in [0.29, 0.717) is 0 Å². The van der Waals surface area contributed by atoms with Gasteiger partial charge in [-0.3, -0.25) is 0 Å². The van der Waals surface area contributed by atoms with Crippen molar-refractivity contribution in [2.24, 2.45) is 0 Å². The van der Waals surface area contributed by atoms with Gasteiger partial charge in [-0.05, 0) is 41.1 Å². The van der Waals surface area contributed by atoms with Gasteiger partial charge in [0.25, 0.3) is 0 Å². The van der Waals surface area contributed by atoms with E-state index in [-0.39, 0.29) is 28.6 Å². The summed E-state index contributed by atoms with van der Waals surface area (Å²) < 4.78 is 27.7. The molecular formula is C17H13ClN2O2S3. The lowest BCUT2D eigenvalue weighted by atomic mass is 10.2. The van der Waals surface area contributed by atoms with Gasteiger partial charge in [-0.1, -0.05) is 23.7 Å². The molecule has 0 atom stereocenters. The zero-order chi connectivity index (χ0) is 17.9. The molecule has 0 aliphatic rings. The maximum Gasteiger partial charge on any atom is 0.243 e. The second kappa shape index (κ2) is 7.68. The van der Waals surface area contributed by atoms with Gasteiger partial charge in [0.15, 0.2) is 0 Å². The predicted octanol–water partition coefficient (Wildman–Crippen LogP) is 4.73. The van der Waals surface area contributed by atoms with Crippen LogP contribution < -0.4 is 0 Å². The van der Waals surface area contributed by atoms with E-state index >= 15 is 0 Å². The zero-order valence-corrected chi connectivity index (χ0v) is 16.1. The van der Waals surface area contributed by atoms with E-state index in [1.54, 1.807) is 0 Å². The molecule has 0 amide bonds. The number of sulfonamides is 1. The predicted molar refractivity (Wildman–Crippen MR) is 101 cm³/mol. The van der Waals surface area contributed by atoms with Gasteiger partial charge in [0.1, 0.15) is 6.07 Å². The molecule has 3 aromatic rings. The van der Waals surface area contributed by atoms with Crippen LogP contribution in [0, 0.1) is 11.3 Å². The number of hydrogen-bond donors (Lipinski definition) is 0. The van der Waals surface area contributed by atoms with Crippen LogP contribution in [0.1, 0.15) is 15.3 Å². The first-order valence-electron chi connectivity index (χ1n) is 7.25.